The molecule has 1 fully saturated rings. The molecule has 5 heteroatoms. The summed E-state index contributed by atoms with van der Waals surface area (Å²) in [5.74, 6) is 0.238. The molecule has 0 aromatic heterocycles. The maximum atomic E-state index is 12.4. The predicted octanol–water partition coefficient (Wildman–Crippen LogP) is 6.55. The van der Waals surface area contributed by atoms with E-state index in [4.69, 9.17) is 4.74 Å². The van der Waals surface area contributed by atoms with Crippen LogP contribution in [-0.4, -0.2) is 53.6 Å². The Bertz CT molecular complexity index is 466. The van der Waals surface area contributed by atoms with E-state index in [0.29, 0.717) is 32.6 Å². The molecule has 0 atom stereocenters. The van der Waals surface area contributed by atoms with Gasteiger partial charge in [-0.1, -0.05) is 84.0 Å². The van der Waals surface area contributed by atoms with Gasteiger partial charge in [0.15, 0.2) is 0 Å². The summed E-state index contributed by atoms with van der Waals surface area (Å²) in [6.45, 7) is 10.3. The first-order chi connectivity index (χ1) is 14.3. The van der Waals surface area contributed by atoms with Crippen LogP contribution in [0, 0.1) is 0 Å². The van der Waals surface area contributed by atoms with E-state index in [2.05, 4.69) is 6.92 Å². The topological polar surface area (TPSA) is 49.9 Å². The highest BCUT2D eigenvalue weighted by atomic mass is 16.6. The number of unbranched alkanes of at least 4 members (excludes halogenated alkanes) is 12. The minimum atomic E-state index is -0.474. The maximum Gasteiger partial charge on any atom is 0.410 e. The summed E-state index contributed by atoms with van der Waals surface area (Å²) in [5, 5.41) is 0. The maximum absolute atomic E-state index is 12.4. The second kappa shape index (κ2) is 15.5. The number of carbonyl (C=O) groups excluding carboxylic acids is 2. The number of amides is 2. The lowest BCUT2D eigenvalue weighted by molar-refractivity contribution is -0.133. The van der Waals surface area contributed by atoms with Crippen molar-refractivity contribution in [2.24, 2.45) is 0 Å². The predicted molar refractivity (Wildman–Crippen MR) is 125 cm³/mol. The number of rotatable bonds is 14. The summed E-state index contributed by atoms with van der Waals surface area (Å²) in [4.78, 5) is 28.1. The molecule has 0 aromatic rings. The van der Waals surface area contributed by atoms with Crippen molar-refractivity contribution in [3.05, 3.63) is 0 Å². The lowest BCUT2D eigenvalue weighted by Crippen LogP contribution is -2.51. The fourth-order valence-corrected chi connectivity index (χ4v) is 3.92. The number of hydrogen-bond donors (Lipinski definition) is 0. The highest BCUT2D eigenvalue weighted by Crippen LogP contribution is 2.15. The highest BCUT2D eigenvalue weighted by molar-refractivity contribution is 5.76. The average molecular weight is 425 g/mol. The van der Waals surface area contributed by atoms with Gasteiger partial charge in [0, 0.05) is 32.6 Å². The van der Waals surface area contributed by atoms with Crippen LogP contribution in [0.15, 0.2) is 0 Å². The fourth-order valence-electron chi connectivity index (χ4n) is 3.92. The Labute approximate surface area is 185 Å². The van der Waals surface area contributed by atoms with E-state index >= 15 is 0 Å². The number of piperazine rings is 1. The third-order valence-electron chi connectivity index (χ3n) is 5.78. The second-order valence-electron chi connectivity index (χ2n) is 9.84. The van der Waals surface area contributed by atoms with Crippen molar-refractivity contribution < 1.29 is 14.3 Å². The molecule has 1 rings (SSSR count). The van der Waals surface area contributed by atoms with Crippen molar-refractivity contribution in [1.82, 2.24) is 9.80 Å². The molecule has 0 radical (unpaired) electrons. The molecule has 0 saturated carbocycles. The van der Waals surface area contributed by atoms with Crippen molar-refractivity contribution in [1.29, 1.82) is 0 Å². The molecule has 0 N–H and O–H groups in total. The Morgan fingerprint density at radius 3 is 1.50 bits per heavy atom. The van der Waals surface area contributed by atoms with Crippen LogP contribution in [0.4, 0.5) is 4.79 Å². The zero-order valence-corrected chi connectivity index (χ0v) is 20.3. The second-order valence-corrected chi connectivity index (χ2v) is 9.84. The molecule has 30 heavy (non-hydrogen) atoms. The van der Waals surface area contributed by atoms with E-state index in [1.165, 1.54) is 70.6 Å². The molecule has 0 aromatic carbocycles. The Balaban J connectivity index is 1.96. The quantitative estimate of drug-likeness (QED) is 0.297. The van der Waals surface area contributed by atoms with Crippen molar-refractivity contribution in [2.45, 2.75) is 123 Å². The van der Waals surface area contributed by atoms with Crippen LogP contribution < -0.4 is 0 Å². The Kier molecular flexibility index (Phi) is 13.9. The first-order valence-electron chi connectivity index (χ1n) is 12.6. The van der Waals surface area contributed by atoms with Crippen LogP contribution in [0.25, 0.3) is 0 Å². The van der Waals surface area contributed by atoms with Gasteiger partial charge in [-0.25, -0.2) is 4.79 Å². The molecular formula is C25H48N2O3. The largest absolute Gasteiger partial charge is 0.444 e. The molecule has 0 bridgehead atoms. The molecule has 0 aliphatic carbocycles. The SMILES string of the molecule is CCCCCCCCCCCCCCCC(=O)N1CCN(C(=O)OC(C)(C)C)CC1. The monoisotopic (exact) mass is 424 g/mol. The van der Waals surface area contributed by atoms with E-state index in [1.54, 1.807) is 4.90 Å². The lowest BCUT2D eigenvalue weighted by atomic mass is 10.0. The van der Waals surface area contributed by atoms with Crippen molar-refractivity contribution in [2.75, 3.05) is 26.2 Å². The smallest absolute Gasteiger partial charge is 0.410 e. The Morgan fingerprint density at radius 2 is 1.07 bits per heavy atom. The van der Waals surface area contributed by atoms with Crippen LogP contribution in [0.2, 0.25) is 0 Å². The molecule has 5 nitrogen and oxygen atoms in total. The summed E-state index contributed by atoms with van der Waals surface area (Å²) in [6, 6.07) is 0. The number of carbonyl (C=O) groups is 2. The van der Waals surface area contributed by atoms with E-state index in [0.717, 1.165) is 12.8 Å². The third kappa shape index (κ3) is 13.1. The van der Waals surface area contributed by atoms with E-state index in [-0.39, 0.29) is 12.0 Å². The molecule has 1 aliphatic heterocycles. The zero-order chi connectivity index (χ0) is 22.2. The molecule has 0 spiro atoms. The normalized spacial score (nSPS) is 14.8. The minimum absolute atomic E-state index is 0.238. The summed E-state index contributed by atoms with van der Waals surface area (Å²) >= 11 is 0. The Morgan fingerprint density at radius 1 is 0.667 bits per heavy atom. The van der Waals surface area contributed by atoms with Crippen LogP contribution >= 0.6 is 0 Å². The van der Waals surface area contributed by atoms with Gasteiger partial charge in [-0.05, 0) is 27.2 Å². The summed E-state index contributed by atoms with van der Waals surface area (Å²) < 4.78 is 5.41. The Hall–Kier alpha value is -1.26. The number of nitrogens with zero attached hydrogens (tertiary/aromatic N) is 2. The first-order valence-corrected chi connectivity index (χ1v) is 12.6. The number of hydrogen-bond acceptors (Lipinski definition) is 3. The molecular weight excluding hydrogens is 376 g/mol. The van der Waals surface area contributed by atoms with Gasteiger partial charge in [-0.15, -0.1) is 0 Å². The lowest BCUT2D eigenvalue weighted by Gasteiger charge is -2.35. The van der Waals surface area contributed by atoms with Crippen LogP contribution in [0.5, 0.6) is 0 Å². The minimum Gasteiger partial charge on any atom is -0.444 e. The van der Waals surface area contributed by atoms with Crippen LogP contribution in [-0.2, 0) is 9.53 Å². The molecule has 0 unspecified atom stereocenters. The van der Waals surface area contributed by atoms with E-state index < -0.39 is 5.60 Å². The third-order valence-corrected chi connectivity index (χ3v) is 5.78. The van der Waals surface area contributed by atoms with Gasteiger partial charge in [0.05, 0.1) is 0 Å². The zero-order valence-electron chi connectivity index (χ0n) is 20.3. The molecule has 1 saturated heterocycles. The fraction of sp³-hybridized carbons (Fsp3) is 0.920. The molecule has 2 amide bonds. The molecule has 1 heterocycles. The van der Waals surface area contributed by atoms with E-state index in [1.807, 2.05) is 25.7 Å². The van der Waals surface area contributed by atoms with Gasteiger partial charge in [0.25, 0.3) is 0 Å². The average Bonchev–Trinajstić information content (AvgIpc) is 2.70. The van der Waals surface area contributed by atoms with Gasteiger partial charge in [0.2, 0.25) is 5.91 Å². The van der Waals surface area contributed by atoms with Crippen molar-refractivity contribution in [3.8, 4) is 0 Å². The first kappa shape index (κ1) is 26.8. The van der Waals surface area contributed by atoms with Gasteiger partial charge in [-0.2, -0.15) is 0 Å². The summed E-state index contributed by atoms with van der Waals surface area (Å²) in [5.41, 5.74) is -0.474. The van der Waals surface area contributed by atoms with Gasteiger partial charge in [0.1, 0.15) is 5.60 Å². The van der Waals surface area contributed by atoms with Crippen molar-refractivity contribution >= 4 is 12.0 Å². The summed E-state index contributed by atoms with van der Waals surface area (Å²) in [7, 11) is 0. The van der Waals surface area contributed by atoms with Crippen LogP contribution in [0.3, 0.4) is 0 Å². The van der Waals surface area contributed by atoms with Gasteiger partial charge >= 0.3 is 6.09 Å². The summed E-state index contributed by atoms with van der Waals surface area (Å²) in [6.07, 6.45) is 17.5. The van der Waals surface area contributed by atoms with Gasteiger partial charge in [-0.3, -0.25) is 4.79 Å². The number of ether oxygens (including phenoxy) is 1. The molecule has 176 valence electrons. The van der Waals surface area contributed by atoms with Crippen LogP contribution in [0.1, 0.15) is 118 Å². The van der Waals surface area contributed by atoms with E-state index in [9.17, 15) is 9.59 Å². The molecule has 1 aliphatic rings. The highest BCUT2D eigenvalue weighted by Gasteiger charge is 2.27. The van der Waals surface area contributed by atoms with Gasteiger partial charge < -0.3 is 14.5 Å². The van der Waals surface area contributed by atoms with Crippen molar-refractivity contribution in [3.63, 3.8) is 0 Å². The standard InChI is InChI=1S/C25H48N2O3/c1-5-6-7-8-9-10-11-12-13-14-15-16-17-18-23(28)26-19-21-27(22-20-26)24(29)30-25(2,3)4/h5-22H2,1-4H3.